The van der Waals surface area contributed by atoms with Gasteiger partial charge in [0.1, 0.15) is 0 Å². The lowest BCUT2D eigenvalue weighted by atomic mass is 10.0. The van der Waals surface area contributed by atoms with Gasteiger partial charge in [0.25, 0.3) is 0 Å². The molecule has 13 heavy (non-hydrogen) atoms. The summed E-state index contributed by atoms with van der Waals surface area (Å²) in [5.41, 5.74) is 2.55. The zero-order chi connectivity index (χ0) is 9.42. The van der Waals surface area contributed by atoms with Gasteiger partial charge in [0.2, 0.25) is 0 Å². The van der Waals surface area contributed by atoms with Crippen molar-refractivity contribution in [2.45, 2.75) is 13.8 Å². The van der Waals surface area contributed by atoms with Crippen molar-refractivity contribution in [2.75, 3.05) is 0 Å². The molecule has 0 amide bonds. The van der Waals surface area contributed by atoms with Crippen molar-refractivity contribution < 1.29 is 0 Å². The van der Waals surface area contributed by atoms with Crippen LogP contribution in [0.2, 0.25) is 0 Å². The van der Waals surface area contributed by atoms with Crippen molar-refractivity contribution in [3.63, 3.8) is 0 Å². The molecular weight excluding hydrogens is 226 g/mol. The fourth-order valence-electron chi connectivity index (χ4n) is 1.57. The first kappa shape index (κ1) is 8.70. The van der Waals surface area contributed by atoms with Gasteiger partial charge in [-0.1, -0.05) is 15.9 Å². The number of nitrogens with zero attached hydrogens (tertiary/aromatic N) is 1. The number of benzene rings is 1. The van der Waals surface area contributed by atoms with Gasteiger partial charge in [-0.2, -0.15) is 0 Å². The minimum absolute atomic E-state index is 1.20. The lowest BCUT2D eigenvalue weighted by Gasteiger charge is -2.06. The van der Waals surface area contributed by atoms with E-state index < -0.39 is 0 Å². The fraction of sp³-hybridized carbons (Fsp3) is 0.182. The van der Waals surface area contributed by atoms with Crippen molar-refractivity contribution in [1.29, 1.82) is 0 Å². The van der Waals surface area contributed by atoms with Crippen LogP contribution in [0.25, 0.3) is 10.8 Å². The number of hydrogen-bond donors (Lipinski definition) is 0. The molecule has 66 valence electrons. The number of fused-ring (bicyclic) bond motifs is 1. The number of rotatable bonds is 0. The summed E-state index contributed by atoms with van der Waals surface area (Å²) in [6.07, 6.45) is 3.74. The Morgan fingerprint density at radius 3 is 2.85 bits per heavy atom. The van der Waals surface area contributed by atoms with E-state index in [1.807, 2.05) is 12.4 Å². The Morgan fingerprint density at radius 2 is 2.08 bits per heavy atom. The first-order valence-corrected chi connectivity index (χ1v) is 4.99. The van der Waals surface area contributed by atoms with Gasteiger partial charge < -0.3 is 0 Å². The summed E-state index contributed by atoms with van der Waals surface area (Å²) in [6.45, 7) is 4.23. The van der Waals surface area contributed by atoms with Crippen molar-refractivity contribution in [3.05, 3.63) is 40.1 Å². The molecule has 2 heteroatoms. The molecule has 0 aliphatic carbocycles. The topological polar surface area (TPSA) is 12.9 Å². The van der Waals surface area contributed by atoms with Crippen LogP contribution in [-0.2, 0) is 0 Å². The summed E-state index contributed by atoms with van der Waals surface area (Å²) in [5, 5.41) is 2.48. The Bertz CT molecular complexity index is 463. The third kappa shape index (κ3) is 1.35. The average molecular weight is 236 g/mol. The Hall–Kier alpha value is -0.890. The normalized spacial score (nSPS) is 10.7. The van der Waals surface area contributed by atoms with E-state index >= 15 is 0 Å². The monoisotopic (exact) mass is 235 g/mol. The minimum atomic E-state index is 1.20. The van der Waals surface area contributed by atoms with E-state index in [-0.39, 0.29) is 0 Å². The van der Waals surface area contributed by atoms with Gasteiger partial charge in [-0.25, -0.2) is 0 Å². The van der Waals surface area contributed by atoms with Gasteiger partial charge in [-0.05, 0) is 42.5 Å². The van der Waals surface area contributed by atoms with Crippen molar-refractivity contribution in [1.82, 2.24) is 4.98 Å². The third-order valence-electron chi connectivity index (χ3n) is 2.30. The van der Waals surface area contributed by atoms with E-state index in [4.69, 9.17) is 0 Å². The summed E-state index contributed by atoms with van der Waals surface area (Å²) in [7, 11) is 0. The van der Waals surface area contributed by atoms with Crippen LogP contribution in [0.1, 0.15) is 11.1 Å². The van der Waals surface area contributed by atoms with Gasteiger partial charge >= 0.3 is 0 Å². The number of aryl methyl sites for hydroxylation is 2. The number of halogens is 1. The molecule has 1 heterocycles. The second kappa shape index (κ2) is 3.11. The molecule has 0 aliphatic rings. The molecule has 1 nitrogen and oxygen atoms in total. The van der Waals surface area contributed by atoms with Gasteiger partial charge in [-0.3, -0.25) is 4.98 Å². The van der Waals surface area contributed by atoms with Crippen molar-refractivity contribution in [2.24, 2.45) is 0 Å². The maximum atomic E-state index is 4.11. The van der Waals surface area contributed by atoms with Crippen LogP contribution in [0.5, 0.6) is 0 Å². The molecule has 0 saturated heterocycles. The second-order valence-corrected chi connectivity index (χ2v) is 4.02. The van der Waals surface area contributed by atoms with Gasteiger partial charge in [-0.15, -0.1) is 0 Å². The molecule has 0 spiro atoms. The zero-order valence-corrected chi connectivity index (χ0v) is 9.22. The van der Waals surface area contributed by atoms with Crippen LogP contribution in [0, 0.1) is 13.8 Å². The van der Waals surface area contributed by atoms with Gasteiger partial charge in [0.05, 0.1) is 0 Å². The molecule has 0 radical (unpaired) electrons. The SMILES string of the molecule is Cc1cc2cnccc2c(C)c1Br. The summed E-state index contributed by atoms with van der Waals surface area (Å²) >= 11 is 3.58. The van der Waals surface area contributed by atoms with Crippen LogP contribution >= 0.6 is 15.9 Å². The van der Waals surface area contributed by atoms with Crippen LogP contribution in [0.3, 0.4) is 0 Å². The lowest BCUT2D eigenvalue weighted by molar-refractivity contribution is 1.33. The molecule has 2 rings (SSSR count). The van der Waals surface area contributed by atoms with Crippen molar-refractivity contribution in [3.8, 4) is 0 Å². The van der Waals surface area contributed by atoms with Gasteiger partial charge in [0.15, 0.2) is 0 Å². The molecule has 1 aromatic carbocycles. The zero-order valence-electron chi connectivity index (χ0n) is 7.63. The molecule has 0 N–H and O–H groups in total. The smallest absolute Gasteiger partial charge is 0.0346 e. The van der Waals surface area contributed by atoms with E-state index in [0.717, 1.165) is 0 Å². The fourth-order valence-corrected chi connectivity index (χ4v) is 1.90. The van der Waals surface area contributed by atoms with E-state index in [2.05, 4.69) is 46.9 Å². The van der Waals surface area contributed by atoms with E-state index in [0.29, 0.717) is 0 Å². The standard InChI is InChI=1S/C11H10BrN/c1-7-5-9-6-13-4-3-10(9)8(2)11(7)12/h3-6H,1-2H3. The Labute approximate surface area is 85.9 Å². The molecule has 0 saturated carbocycles. The highest BCUT2D eigenvalue weighted by Crippen LogP contribution is 2.28. The second-order valence-electron chi connectivity index (χ2n) is 3.23. The molecule has 0 fully saturated rings. The van der Waals surface area contributed by atoms with Gasteiger partial charge in [0, 0.05) is 22.3 Å². The number of hydrogen-bond acceptors (Lipinski definition) is 1. The summed E-state index contributed by atoms with van der Waals surface area (Å²) in [4.78, 5) is 4.11. The maximum absolute atomic E-state index is 4.11. The molecular formula is C11H10BrN. The predicted octanol–water partition coefficient (Wildman–Crippen LogP) is 3.61. The van der Waals surface area contributed by atoms with Crippen LogP contribution < -0.4 is 0 Å². The van der Waals surface area contributed by atoms with Crippen LogP contribution in [0.15, 0.2) is 29.0 Å². The molecule has 0 unspecified atom stereocenters. The first-order valence-electron chi connectivity index (χ1n) is 4.19. The van der Waals surface area contributed by atoms with E-state index in [1.165, 1.54) is 26.4 Å². The highest BCUT2D eigenvalue weighted by molar-refractivity contribution is 9.10. The van der Waals surface area contributed by atoms with E-state index in [9.17, 15) is 0 Å². The highest BCUT2D eigenvalue weighted by atomic mass is 79.9. The summed E-state index contributed by atoms with van der Waals surface area (Å²) in [6, 6.07) is 4.20. The predicted molar refractivity (Wildman–Crippen MR) is 58.9 cm³/mol. The molecule has 1 aromatic heterocycles. The highest BCUT2D eigenvalue weighted by Gasteiger charge is 2.03. The Balaban J connectivity index is 2.94. The number of pyridine rings is 1. The molecule has 0 bridgehead atoms. The first-order chi connectivity index (χ1) is 6.20. The number of aromatic nitrogens is 1. The molecule has 2 aromatic rings. The average Bonchev–Trinajstić information content (AvgIpc) is 2.15. The molecule has 0 atom stereocenters. The molecule has 0 aliphatic heterocycles. The maximum Gasteiger partial charge on any atom is 0.0346 e. The Morgan fingerprint density at radius 1 is 1.31 bits per heavy atom. The quantitative estimate of drug-likeness (QED) is 0.680. The summed E-state index contributed by atoms with van der Waals surface area (Å²) < 4.78 is 1.20. The van der Waals surface area contributed by atoms with Crippen LogP contribution in [-0.4, -0.2) is 4.98 Å². The van der Waals surface area contributed by atoms with E-state index in [1.54, 1.807) is 0 Å². The van der Waals surface area contributed by atoms with Crippen molar-refractivity contribution >= 4 is 26.7 Å². The Kier molecular flexibility index (Phi) is 2.08. The lowest BCUT2D eigenvalue weighted by Crippen LogP contribution is -1.85. The van der Waals surface area contributed by atoms with Crippen LogP contribution in [0.4, 0.5) is 0 Å². The largest absolute Gasteiger partial charge is 0.264 e. The third-order valence-corrected chi connectivity index (χ3v) is 3.52. The summed E-state index contributed by atoms with van der Waals surface area (Å²) in [5.74, 6) is 0. The minimum Gasteiger partial charge on any atom is -0.264 e.